The number of thiophene rings is 1. The largest absolute Gasteiger partial charge is 0.370 e. The lowest BCUT2D eigenvalue weighted by molar-refractivity contribution is 0.636. The number of nitrogens with zero attached hydrogens (tertiary/aromatic N) is 1. The Bertz CT molecular complexity index is 370. The van der Waals surface area contributed by atoms with E-state index < -0.39 is 0 Å². The van der Waals surface area contributed by atoms with Gasteiger partial charge in [0.05, 0.1) is 6.54 Å². The van der Waals surface area contributed by atoms with Crippen molar-refractivity contribution in [3.05, 3.63) is 21.9 Å². The Balaban J connectivity index is 2.06. The van der Waals surface area contributed by atoms with E-state index in [1.54, 1.807) is 0 Å². The van der Waals surface area contributed by atoms with Crippen LogP contribution in [0.25, 0.3) is 0 Å². The summed E-state index contributed by atoms with van der Waals surface area (Å²) < 4.78 is 0. The number of hydrogen-bond donors (Lipinski definition) is 2. The zero-order valence-corrected chi connectivity index (χ0v) is 10.5. The maximum Gasteiger partial charge on any atom is 0.188 e. The second-order valence-electron chi connectivity index (χ2n) is 4.22. The Morgan fingerprint density at radius 1 is 1.62 bits per heavy atom. The summed E-state index contributed by atoms with van der Waals surface area (Å²) in [6.45, 7) is 3.99. The molecule has 0 saturated heterocycles. The first kappa shape index (κ1) is 11.5. The highest BCUT2D eigenvalue weighted by Crippen LogP contribution is 2.28. The molecule has 0 bridgehead atoms. The molecule has 2 rings (SSSR count). The fourth-order valence-electron chi connectivity index (χ4n) is 2.01. The van der Waals surface area contributed by atoms with Crippen LogP contribution in [0.5, 0.6) is 0 Å². The molecule has 0 radical (unpaired) electrons. The van der Waals surface area contributed by atoms with E-state index in [2.05, 4.69) is 28.7 Å². The van der Waals surface area contributed by atoms with Gasteiger partial charge in [-0.2, -0.15) is 0 Å². The van der Waals surface area contributed by atoms with Crippen LogP contribution in [0.15, 0.2) is 16.4 Å². The van der Waals surface area contributed by atoms with Crippen molar-refractivity contribution in [3.63, 3.8) is 0 Å². The van der Waals surface area contributed by atoms with E-state index >= 15 is 0 Å². The van der Waals surface area contributed by atoms with Gasteiger partial charge in [0.25, 0.3) is 0 Å². The van der Waals surface area contributed by atoms with E-state index in [0.717, 1.165) is 13.1 Å². The number of aliphatic imine (C=N–C) groups is 1. The zero-order valence-electron chi connectivity index (χ0n) is 9.70. The number of nitrogens with two attached hydrogens (primary N) is 1. The van der Waals surface area contributed by atoms with Crippen LogP contribution in [0, 0.1) is 0 Å². The Morgan fingerprint density at radius 3 is 3.19 bits per heavy atom. The van der Waals surface area contributed by atoms with Crippen LogP contribution in [0.3, 0.4) is 0 Å². The van der Waals surface area contributed by atoms with E-state index in [4.69, 9.17) is 5.73 Å². The molecule has 1 atom stereocenters. The van der Waals surface area contributed by atoms with Crippen molar-refractivity contribution >= 4 is 17.3 Å². The number of rotatable bonds is 4. The third-order valence-electron chi connectivity index (χ3n) is 2.96. The van der Waals surface area contributed by atoms with Crippen LogP contribution in [0.4, 0.5) is 0 Å². The lowest BCUT2D eigenvalue weighted by Gasteiger charge is -2.21. The van der Waals surface area contributed by atoms with Crippen LogP contribution in [0.2, 0.25) is 0 Å². The van der Waals surface area contributed by atoms with E-state index in [9.17, 15) is 0 Å². The molecule has 1 aromatic rings. The van der Waals surface area contributed by atoms with Crippen molar-refractivity contribution in [1.82, 2.24) is 5.32 Å². The van der Waals surface area contributed by atoms with Crippen LogP contribution >= 0.6 is 11.3 Å². The summed E-state index contributed by atoms with van der Waals surface area (Å²) in [6, 6.07) is 2.26. The summed E-state index contributed by atoms with van der Waals surface area (Å²) in [5.74, 6) is 1.10. The van der Waals surface area contributed by atoms with Crippen molar-refractivity contribution in [2.24, 2.45) is 10.7 Å². The summed E-state index contributed by atoms with van der Waals surface area (Å²) >= 11 is 1.86. The van der Waals surface area contributed by atoms with E-state index in [-0.39, 0.29) is 0 Å². The van der Waals surface area contributed by atoms with Crippen LogP contribution in [-0.2, 0) is 6.42 Å². The van der Waals surface area contributed by atoms with E-state index in [0.29, 0.717) is 11.9 Å². The second kappa shape index (κ2) is 5.34. The molecule has 0 fully saturated rings. The van der Waals surface area contributed by atoms with Gasteiger partial charge >= 0.3 is 0 Å². The highest BCUT2D eigenvalue weighted by atomic mass is 32.1. The maximum atomic E-state index is 5.61. The van der Waals surface area contributed by atoms with Gasteiger partial charge in [-0.3, -0.25) is 4.99 Å². The molecule has 4 heteroatoms. The molecule has 88 valence electrons. The SMILES string of the molecule is CCCCc1ccsc1C1CN=C(N)NC1. The lowest BCUT2D eigenvalue weighted by atomic mass is 10.00. The van der Waals surface area contributed by atoms with Gasteiger partial charge < -0.3 is 11.1 Å². The molecule has 0 aromatic carbocycles. The summed E-state index contributed by atoms with van der Waals surface area (Å²) in [5.41, 5.74) is 7.12. The third-order valence-corrected chi connectivity index (χ3v) is 4.08. The molecule has 16 heavy (non-hydrogen) atoms. The molecule has 0 amide bonds. The average molecular weight is 237 g/mol. The van der Waals surface area contributed by atoms with E-state index in [1.807, 2.05) is 11.3 Å². The average Bonchev–Trinajstić information content (AvgIpc) is 2.75. The number of hydrogen-bond acceptors (Lipinski definition) is 4. The topological polar surface area (TPSA) is 50.4 Å². The van der Waals surface area contributed by atoms with Crippen molar-refractivity contribution in [2.45, 2.75) is 32.1 Å². The first-order valence-corrected chi connectivity index (χ1v) is 6.79. The summed E-state index contributed by atoms with van der Waals surface area (Å²) in [4.78, 5) is 5.78. The molecule has 1 aliphatic rings. The van der Waals surface area contributed by atoms with Crippen LogP contribution in [0.1, 0.15) is 36.1 Å². The third kappa shape index (κ3) is 2.55. The predicted molar refractivity (Wildman–Crippen MR) is 70.2 cm³/mol. The summed E-state index contributed by atoms with van der Waals surface area (Å²) in [5, 5.41) is 5.33. The molecule has 1 aliphatic heterocycles. The molecular formula is C12H19N3S. The zero-order chi connectivity index (χ0) is 11.4. The molecule has 0 spiro atoms. The van der Waals surface area contributed by atoms with Gasteiger partial charge in [0.2, 0.25) is 0 Å². The van der Waals surface area contributed by atoms with Crippen molar-refractivity contribution in [2.75, 3.05) is 13.1 Å². The van der Waals surface area contributed by atoms with E-state index in [1.165, 1.54) is 29.7 Å². The molecule has 1 aromatic heterocycles. The Labute approximate surface area is 101 Å². The van der Waals surface area contributed by atoms with Crippen molar-refractivity contribution in [3.8, 4) is 0 Å². The normalized spacial score (nSPS) is 20.3. The van der Waals surface area contributed by atoms with Crippen molar-refractivity contribution < 1.29 is 0 Å². The molecule has 3 N–H and O–H groups in total. The van der Waals surface area contributed by atoms with Gasteiger partial charge in [0, 0.05) is 17.3 Å². The monoisotopic (exact) mass is 237 g/mol. The first-order chi connectivity index (χ1) is 7.81. The highest BCUT2D eigenvalue weighted by molar-refractivity contribution is 7.10. The minimum Gasteiger partial charge on any atom is -0.370 e. The second-order valence-corrected chi connectivity index (χ2v) is 5.17. The Kier molecular flexibility index (Phi) is 3.83. The minimum atomic E-state index is 0.513. The predicted octanol–water partition coefficient (Wildman–Crippen LogP) is 2.09. The smallest absolute Gasteiger partial charge is 0.188 e. The molecular weight excluding hydrogens is 218 g/mol. The quantitative estimate of drug-likeness (QED) is 0.842. The van der Waals surface area contributed by atoms with Gasteiger partial charge in [0.15, 0.2) is 5.96 Å². The number of guanidine groups is 1. The van der Waals surface area contributed by atoms with Gasteiger partial charge in [-0.25, -0.2) is 0 Å². The van der Waals surface area contributed by atoms with Gasteiger partial charge in [-0.15, -0.1) is 11.3 Å². The first-order valence-electron chi connectivity index (χ1n) is 5.91. The minimum absolute atomic E-state index is 0.513. The van der Waals surface area contributed by atoms with Gasteiger partial charge in [-0.1, -0.05) is 13.3 Å². The molecule has 2 heterocycles. The van der Waals surface area contributed by atoms with Gasteiger partial charge in [-0.05, 0) is 29.9 Å². The maximum absolute atomic E-state index is 5.61. The lowest BCUT2D eigenvalue weighted by Crippen LogP contribution is -2.39. The fourth-order valence-corrected chi connectivity index (χ4v) is 3.06. The Morgan fingerprint density at radius 2 is 2.50 bits per heavy atom. The standard InChI is InChI=1S/C12H19N3S/c1-2-3-4-9-5-6-16-11(9)10-7-14-12(13)15-8-10/h5-6,10H,2-4,7-8H2,1H3,(H3,13,14,15). The summed E-state index contributed by atoms with van der Waals surface area (Å²) in [6.07, 6.45) is 3.73. The molecule has 0 saturated carbocycles. The Hall–Kier alpha value is -1.03. The number of nitrogens with one attached hydrogen (secondary N) is 1. The highest BCUT2D eigenvalue weighted by Gasteiger charge is 2.19. The van der Waals surface area contributed by atoms with Crippen LogP contribution < -0.4 is 11.1 Å². The number of unbranched alkanes of at least 4 members (excludes halogenated alkanes) is 1. The molecule has 0 aliphatic carbocycles. The molecule has 3 nitrogen and oxygen atoms in total. The van der Waals surface area contributed by atoms with Crippen molar-refractivity contribution in [1.29, 1.82) is 0 Å². The van der Waals surface area contributed by atoms with Gasteiger partial charge in [0.1, 0.15) is 0 Å². The fraction of sp³-hybridized carbons (Fsp3) is 0.583. The summed E-state index contributed by atoms with van der Waals surface area (Å²) in [7, 11) is 0. The number of aryl methyl sites for hydroxylation is 1. The van der Waals surface area contributed by atoms with Crippen LogP contribution in [-0.4, -0.2) is 19.0 Å². The molecule has 1 unspecified atom stereocenters.